The molecule has 0 amide bonds. The molecule has 0 radical (unpaired) electrons. The summed E-state index contributed by atoms with van der Waals surface area (Å²) in [7, 11) is 1.63. The Morgan fingerprint density at radius 3 is 2.86 bits per heavy atom. The van der Waals surface area contributed by atoms with E-state index in [1.54, 1.807) is 17.9 Å². The first-order chi connectivity index (χ1) is 10.2. The van der Waals surface area contributed by atoms with Crippen LogP contribution in [-0.2, 0) is 16.0 Å². The zero-order valence-corrected chi connectivity index (χ0v) is 11.8. The minimum atomic E-state index is -0.414. The van der Waals surface area contributed by atoms with Crippen molar-refractivity contribution < 1.29 is 13.9 Å². The van der Waals surface area contributed by atoms with Crippen molar-refractivity contribution in [2.24, 2.45) is 0 Å². The Balaban J connectivity index is 1.95. The molecule has 2 aromatic rings. The Kier molecular flexibility index (Phi) is 5.59. The number of rotatable bonds is 8. The minimum Gasteiger partial charge on any atom is -0.399 e. The number of aryl methyl sites for hydroxylation is 1. The SMILES string of the molecule is COCCOCCCn1nnnc1-c1cc(N)cc(F)c1. The molecule has 1 aromatic heterocycles. The molecular weight excluding hydrogens is 277 g/mol. The average Bonchev–Trinajstić information content (AvgIpc) is 2.90. The highest BCUT2D eigenvalue weighted by molar-refractivity contribution is 5.61. The number of hydrogen-bond acceptors (Lipinski definition) is 6. The molecule has 0 aliphatic heterocycles. The van der Waals surface area contributed by atoms with Gasteiger partial charge in [-0.3, -0.25) is 0 Å². The van der Waals surface area contributed by atoms with Crippen molar-refractivity contribution in [3.05, 3.63) is 24.0 Å². The van der Waals surface area contributed by atoms with Crippen LogP contribution in [0.5, 0.6) is 0 Å². The van der Waals surface area contributed by atoms with Gasteiger partial charge in [-0.1, -0.05) is 0 Å². The summed E-state index contributed by atoms with van der Waals surface area (Å²) in [6, 6.07) is 4.25. The van der Waals surface area contributed by atoms with E-state index < -0.39 is 5.82 Å². The second-order valence-corrected chi connectivity index (χ2v) is 4.46. The average molecular weight is 295 g/mol. The van der Waals surface area contributed by atoms with Gasteiger partial charge in [0.2, 0.25) is 0 Å². The molecule has 0 fully saturated rings. The minimum absolute atomic E-state index is 0.336. The highest BCUT2D eigenvalue weighted by Crippen LogP contribution is 2.20. The highest BCUT2D eigenvalue weighted by atomic mass is 19.1. The van der Waals surface area contributed by atoms with Crippen LogP contribution in [0.3, 0.4) is 0 Å². The first-order valence-electron chi connectivity index (χ1n) is 6.60. The Bertz CT molecular complexity index is 555. The lowest BCUT2D eigenvalue weighted by molar-refractivity contribution is 0.0677. The molecule has 0 aliphatic carbocycles. The molecule has 8 heteroatoms. The van der Waals surface area contributed by atoms with Gasteiger partial charge in [0.25, 0.3) is 0 Å². The molecule has 0 unspecified atom stereocenters. The first-order valence-corrected chi connectivity index (χ1v) is 6.60. The summed E-state index contributed by atoms with van der Waals surface area (Å²) in [4.78, 5) is 0. The monoisotopic (exact) mass is 295 g/mol. The number of hydrogen-bond donors (Lipinski definition) is 1. The topological polar surface area (TPSA) is 88.1 Å². The van der Waals surface area contributed by atoms with E-state index in [0.29, 0.717) is 43.4 Å². The number of methoxy groups -OCH3 is 1. The van der Waals surface area contributed by atoms with Gasteiger partial charge in [0.05, 0.1) is 13.2 Å². The fraction of sp³-hybridized carbons (Fsp3) is 0.462. The molecule has 0 saturated heterocycles. The van der Waals surface area contributed by atoms with Gasteiger partial charge in [0, 0.05) is 31.5 Å². The Hall–Kier alpha value is -2.06. The van der Waals surface area contributed by atoms with Crippen LogP contribution < -0.4 is 5.73 Å². The van der Waals surface area contributed by atoms with Gasteiger partial charge >= 0.3 is 0 Å². The van der Waals surface area contributed by atoms with Crippen molar-refractivity contribution in [2.45, 2.75) is 13.0 Å². The van der Waals surface area contributed by atoms with Crippen molar-refractivity contribution in [1.82, 2.24) is 20.2 Å². The summed E-state index contributed by atoms with van der Waals surface area (Å²) in [5.74, 6) is 0.0699. The molecule has 7 nitrogen and oxygen atoms in total. The lowest BCUT2D eigenvalue weighted by Crippen LogP contribution is -2.08. The number of aromatic nitrogens is 4. The maximum Gasteiger partial charge on any atom is 0.182 e. The van der Waals surface area contributed by atoms with Crippen molar-refractivity contribution in [1.29, 1.82) is 0 Å². The second kappa shape index (κ2) is 7.65. The summed E-state index contributed by atoms with van der Waals surface area (Å²) in [6.07, 6.45) is 0.743. The van der Waals surface area contributed by atoms with Crippen LogP contribution in [0, 0.1) is 5.82 Å². The number of tetrazole rings is 1. The second-order valence-electron chi connectivity index (χ2n) is 4.46. The van der Waals surface area contributed by atoms with E-state index in [-0.39, 0.29) is 0 Å². The number of nitrogens with zero attached hydrogens (tertiary/aromatic N) is 4. The van der Waals surface area contributed by atoms with E-state index in [2.05, 4.69) is 15.5 Å². The number of halogens is 1. The molecular formula is C13H18FN5O2. The van der Waals surface area contributed by atoms with Gasteiger partial charge in [0.15, 0.2) is 5.82 Å². The van der Waals surface area contributed by atoms with Crippen molar-refractivity contribution in [3.8, 4) is 11.4 Å². The Morgan fingerprint density at radius 1 is 1.24 bits per heavy atom. The van der Waals surface area contributed by atoms with Crippen LogP contribution in [0.25, 0.3) is 11.4 Å². The van der Waals surface area contributed by atoms with Gasteiger partial charge in [-0.15, -0.1) is 5.10 Å². The number of nitrogen functional groups attached to an aromatic ring is 1. The molecule has 0 aliphatic rings. The third kappa shape index (κ3) is 4.47. The zero-order chi connectivity index (χ0) is 15.1. The number of anilines is 1. The summed E-state index contributed by atoms with van der Waals surface area (Å²) in [5.41, 5.74) is 6.52. The predicted octanol–water partition coefficient (Wildman–Crippen LogP) is 1.11. The van der Waals surface area contributed by atoms with E-state index in [1.165, 1.54) is 12.1 Å². The van der Waals surface area contributed by atoms with Gasteiger partial charge in [-0.25, -0.2) is 9.07 Å². The number of ether oxygens (including phenoxy) is 2. The normalized spacial score (nSPS) is 11.0. The molecule has 0 atom stereocenters. The first kappa shape index (κ1) is 15.3. The molecule has 2 N–H and O–H groups in total. The van der Waals surface area contributed by atoms with Crippen LogP contribution >= 0.6 is 0 Å². The van der Waals surface area contributed by atoms with E-state index >= 15 is 0 Å². The maximum atomic E-state index is 13.4. The van der Waals surface area contributed by atoms with E-state index in [4.69, 9.17) is 15.2 Å². The Labute approximate surface area is 121 Å². The molecule has 0 saturated carbocycles. The molecule has 0 bridgehead atoms. The smallest absolute Gasteiger partial charge is 0.182 e. The van der Waals surface area contributed by atoms with E-state index in [1.807, 2.05) is 0 Å². The maximum absolute atomic E-state index is 13.4. The summed E-state index contributed by atoms with van der Waals surface area (Å²) in [5, 5.41) is 11.4. The number of benzene rings is 1. The fourth-order valence-electron chi connectivity index (χ4n) is 1.86. The summed E-state index contributed by atoms with van der Waals surface area (Å²) >= 11 is 0. The molecule has 0 spiro atoms. The third-order valence-corrected chi connectivity index (χ3v) is 2.80. The van der Waals surface area contributed by atoms with Crippen molar-refractivity contribution in [3.63, 3.8) is 0 Å². The predicted molar refractivity (Wildman–Crippen MR) is 74.9 cm³/mol. The van der Waals surface area contributed by atoms with Gasteiger partial charge in [-0.2, -0.15) is 0 Å². The van der Waals surface area contributed by atoms with Crippen LogP contribution in [0.2, 0.25) is 0 Å². The standard InChI is InChI=1S/C13H18FN5O2/c1-20-5-6-21-4-2-3-19-13(16-17-18-19)10-7-11(14)9-12(15)8-10/h7-9H,2-6,15H2,1H3. The molecule has 2 rings (SSSR count). The summed E-state index contributed by atoms with van der Waals surface area (Å²) < 4.78 is 25.2. The highest BCUT2D eigenvalue weighted by Gasteiger charge is 2.10. The molecule has 1 heterocycles. The van der Waals surface area contributed by atoms with Crippen LogP contribution in [0.1, 0.15) is 6.42 Å². The van der Waals surface area contributed by atoms with Crippen LogP contribution in [-0.4, -0.2) is 47.1 Å². The Morgan fingerprint density at radius 2 is 2.10 bits per heavy atom. The lowest BCUT2D eigenvalue weighted by atomic mass is 10.2. The van der Waals surface area contributed by atoms with Crippen molar-refractivity contribution >= 4 is 5.69 Å². The van der Waals surface area contributed by atoms with Crippen LogP contribution in [0.4, 0.5) is 10.1 Å². The zero-order valence-electron chi connectivity index (χ0n) is 11.8. The molecule has 21 heavy (non-hydrogen) atoms. The fourth-order valence-corrected chi connectivity index (χ4v) is 1.86. The van der Waals surface area contributed by atoms with Gasteiger partial charge in [-0.05, 0) is 35.0 Å². The van der Waals surface area contributed by atoms with E-state index in [9.17, 15) is 4.39 Å². The summed E-state index contributed by atoms with van der Waals surface area (Å²) in [6.45, 7) is 2.28. The molecule has 114 valence electrons. The van der Waals surface area contributed by atoms with E-state index in [0.717, 1.165) is 6.42 Å². The quantitative estimate of drug-likeness (QED) is 0.580. The van der Waals surface area contributed by atoms with Gasteiger partial charge < -0.3 is 15.2 Å². The third-order valence-electron chi connectivity index (χ3n) is 2.80. The van der Waals surface area contributed by atoms with Crippen molar-refractivity contribution in [2.75, 3.05) is 32.7 Å². The van der Waals surface area contributed by atoms with Gasteiger partial charge in [0.1, 0.15) is 5.82 Å². The molecule has 1 aromatic carbocycles. The largest absolute Gasteiger partial charge is 0.399 e. The lowest BCUT2D eigenvalue weighted by Gasteiger charge is -2.06. The number of nitrogens with two attached hydrogens (primary N) is 1. The van der Waals surface area contributed by atoms with Crippen LogP contribution in [0.15, 0.2) is 18.2 Å².